The molecule has 0 aliphatic rings. The Bertz CT molecular complexity index is 438. The molecule has 2 N–H and O–H groups in total. The van der Waals surface area contributed by atoms with Crippen LogP contribution in [0.25, 0.3) is 0 Å². The van der Waals surface area contributed by atoms with Gasteiger partial charge in [-0.05, 0) is 52.3 Å². The highest BCUT2D eigenvalue weighted by atomic mass is 35.5. The molecule has 0 aromatic heterocycles. The second kappa shape index (κ2) is 5.61. The number of carbonyl (C=O) groups excluding carboxylic acids is 1. The normalized spacial score (nSPS) is 13.0. The van der Waals surface area contributed by atoms with Crippen molar-refractivity contribution in [1.82, 2.24) is 5.32 Å². The molecular weight excluding hydrogens is 248 g/mol. The number of halogens is 1. The van der Waals surface area contributed by atoms with Crippen LogP contribution in [0.5, 0.6) is 0 Å². The summed E-state index contributed by atoms with van der Waals surface area (Å²) in [7, 11) is 0. The minimum atomic E-state index is -0.303. The number of carbonyl (C=O) groups is 1. The number of rotatable bonds is 3. The van der Waals surface area contributed by atoms with Crippen LogP contribution in [-0.4, -0.2) is 17.5 Å². The van der Waals surface area contributed by atoms with Crippen LogP contribution in [0.3, 0.4) is 0 Å². The standard InChI is InChI=1S/C14H21ClN2O/c1-9-6-7-11(8-12(9)15)16-10(2)13(18)17-14(3,4)5/h6-8,10,16H,1-5H3,(H,17,18). The van der Waals surface area contributed by atoms with E-state index < -0.39 is 0 Å². The molecule has 0 spiro atoms. The van der Waals surface area contributed by atoms with Crippen LogP contribution in [0.4, 0.5) is 5.69 Å². The smallest absolute Gasteiger partial charge is 0.242 e. The van der Waals surface area contributed by atoms with E-state index >= 15 is 0 Å². The van der Waals surface area contributed by atoms with Crippen molar-refractivity contribution in [2.75, 3.05) is 5.32 Å². The fourth-order valence-electron chi connectivity index (χ4n) is 1.48. The van der Waals surface area contributed by atoms with E-state index in [1.807, 2.05) is 52.8 Å². The van der Waals surface area contributed by atoms with Crippen LogP contribution >= 0.6 is 11.6 Å². The third kappa shape index (κ3) is 4.57. The molecule has 0 fully saturated rings. The fraction of sp³-hybridized carbons (Fsp3) is 0.500. The van der Waals surface area contributed by atoms with Gasteiger partial charge in [-0.1, -0.05) is 17.7 Å². The predicted molar refractivity (Wildman–Crippen MR) is 77.2 cm³/mol. The molecule has 0 saturated heterocycles. The zero-order valence-electron chi connectivity index (χ0n) is 11.6. The summed E-state index contributed by atoms with van der Waals surface area (Å²) in [6.07, 6.45) is 0. The second-order valence-electron chi connectivity index (χ2n) is 5.57. The van der Waals surface area contributed by atoms with Crippen LogP contribution in [0, 0.1) is 6.92 Å². The molecule has 3 nitrogen and oxygen atoms in total. The maximum absolute atomic E-state index is 11.9. The Morgan fingerprint density at radius 1 is 1.33 bits per heavy atom. The first-order chi connectivity index (χ1) is 8.19. The van der Waals surface area contributed by atoms with E-state index in [4.69, 9.17) is 11.6 Å². The molecule has 0 bridgehead atoms. The van der Waals surface area contributed by atoms with Gasteiger partial charge in [0.1, 0.15) is 6.04 Å². The lowest BCUT2D eigenvalue weighted by molar-refractivity contribution is -0.122. The van der Waals surface area contributed by atoms with Crippen LogP contribution in [-0.2, 0) is 4.79 Å². The van der Waals surface area contributed by atoms with Gasteiger partial charge in [0.05, 0.1) is 0 Å². The van der Waals surface area contributed by atoms with Gasteiger partial charge in [-0.25, -0.2) is 0 Å². The van der Waals surface area contributed by atoms with Gasteiger partial charge >= 0.3 is 0 Å². The summed E-state index contributed by atoms with van der Waals surface area (Å²) in [5, 5.41) is 6.76. The molecule has 0 saturated carbocycles. The average Bonchev–Trinajstić information content (AvgIpc) is 2.21. The van der Waals surface area contributed by atoms with Gasteiger partial charge in [0.15, 0.2) is 0 Å². The summed E-state index contributed by atoms with van der Waals surface area (Å²) in [5.41, 5.74) is 1.65. The van der Waals surface area contributed by atoms with E-state index in [0.29, 0.717) is 5.02 Å². The molecule has 4 heteroatoms. The molecule has 100 valence electrons. The van der Waals surface area contributed by atoms with Crippen LogP contribution in [0.2, 0.25) is 5.02 Å². The van der Waals surface area contributed by atoms with Crippen molar-refractivity contribution in [3.8, 4) is 0 Å². The molecule has 0 aliphatic heterocycles. The molecule has 1 rings (SSSR count). The van der Waals surface area contributed by atoms with E-state index in [2.05, 4.69) is 10.6 Å². The zero-order valence-corrected chi connectivity index (χ0v) is 12.4. The molecule has 1 aromatic carbocycles. The largest absolute Gasteiger partial charge is 0.374 e. The monoisotopic (exact) mass is 268 g/mol. The van der Waals surface area contributed by atoms with Crippen LogP contribution < -0.4 is 10.6 Å². The lowest BCUT2D eigenvalue weighted by atomic mass is 10.1. The molecule has 0 aliphatic carbocycles. The minimum Gasteiger partial charge on any atom is -0.374 e. The average molecular weight is 269 g/mol. The van der Waals surface area contributed by atoms with Crippen molar-refractivity contribution in [2.45, 2.75) is 46.2 Å². The summed E-state index contributed by atoms with van der Waals surface area (Å²) >= 11 is 6.04. The lowest BCUT2D eigenvalue weighted by Gasteiger charge is -2.24. The molecule has 0 heterocycles. The molecular formula is C14H21ClN2O. The van der Waals surface area contributed by atoms with Gasteiger partial charge in [-0.3, -0.25) is 4.79 Å². The van der Waals surface area contributed by atoms with Crippen molar-refractivity contribution >= 4 is 23.2 Å². The third-order valence-electron chi connectivity index (χ3n) is 2.45. The molecule has 1 aromatic rings. The summed E-state index contributed by atoms with van der Waals surface area (Å²) in [6.45, 7) is 9.65. The third-order valence-corrected chi connectivity index (χ3v) is 2.85. The molecule has 18 heavy (non-hydrogen) atoms. The van der Waals surface area contributed by atoms with Crippen LogP contribution in [0.15, 0.2) is 18.2 Å². The highest BCUT2D eigenvalue weighted by Crippen LogP contribution is 2.20. The van der Waals surface area contributed by atoms with Crippen molar-refractivity contribution in [1.29, 1.82) is 0 Å². The summed E-state index contributed by atoms with van der Waals surface area (Å²) < 4.78 is 0. The molecule has 1 atom stereocenters. The number of benzene rings is 1. The zero-order chi connectivity index (χ0) is 13.9. The first-order valence-electron chi connectivity index (χ1n) is 6.04. The number of aryl methyl sites for hydroxylation is 1. The fourth-order valence-corrected chi connectivity index (χ4v) is 1.66. The topological polar surface area (TPSA) is 41.1 Å². The Labute approximate surface area is 114 Å². The lowest BCUT2D eigenvalue weighted by Crippen LogP contribution is -2.47. The number of amides is 1. The highest BCUT2D eigenvalue weighted by molar-refractivity contribution is 6.31. The Kier molecular flexibility index (Phi) is 4.63. The van der Waals surface area contributed by atoms with E-state index in [0.717, 1.165) is 11.3 Å². The van der Waals surface area contributed by atoms with Gasteiger partial charge in [0.2, 0.25) is 5.91 Å². The van der Waals surface area contributed by atoms with E-state index in [1.165, 1.54) is 0 Å². The summed E-state index contributed by atoms with van der Waals surface area (Å²) in [6, 6.07) is 5.38. The number of anilines is 1. The first-order valence-corrected chi connectivity index (χ1v) is 6.41. The van der Waals surface area contributed by atoms with Crippen molar-refractivity contribution < 1.29 is 4.79 Å². The van der Waals surface area contributed by atoms with Gasteiger partial charge in [-0.15, -0.1) is 0 Å². The maximum atomic E-state index is 11.9. The van der Waals surface area contributed by atoms with E-state index in [-0.39, 0.29) is 17.5 Å². The van der Waals surface area contributed by atoms with Crippen molar-refractivity contribution in [3.05, 3.63) is 28.8 Å². The Hall–Kier alpha value is -1.22. The molecule has 1 unspecified atom stereocenters. The maximum Gasteiger partial charge on any atom is 0.242 e. The quantitative estimate of drug-likeness (QED) is 0.883. The SMILES string of the molecule is Cc1ccc(NC(C)C(=O)NC(C)(C)C)cc1Cl. The Balaban J connectivity index is 2.66. The van der Waals surface area contributed by atoms with E-state index in [9.17, 15) is 4.79 Å². The number of hydrogen-bond donors (Lipinski definition) is 2. The number of hydrogen-bond acceptors (Lipinski definition) is 2. The Morgan fingerprint density at radius 2 is 1.94 bits per heavy atom. The minimum absolute atomic E-state index is 0.0285. The second-order valence-corrected chi connectivity index (χ2v) is 5.98. The molecule has 1 amide bonds. The van der Waals surface area contributed by atoms with Gasteiger partial charge in [0.25, 0.3) is 0 Å². The number of nitrogens with one attached hydrogen (secondary N) is 2. The van der Waals surface area contributed by atoms with Gasteiger partial charge < -0.3 is 10.6 Å². The van der Waals surface area contributed by atoms with Gasteiger partial charge in [0, 0.05) is 16.2 Å². The molecule has 0 radical (unpaired) electrons. The first kappa shape index (κ1) is 14.8. The summed E-state index contributed by atoms with van der Waals surface area (Å²) in [4.78, 5) is 11.9. The summed E-state index contributed by atoms with van der Waals surface area (Å²) in [5.74, 6) is -0.0285. The highest BCUT2D eigenvalue weighted by Gasteiger charge is 2.19. The predicted octanol–water partition coefficient (Wildman–Crippen LogP) is 3.36. The van der Waals surface area contributed by atoms with Crippen molar-refractivity contribution in [2.24, 2.45) is 0 Å². The van der Waals surface area contributed by atoms with E-state index in [1.54, 1.807) is 0 Å². The van der Waals surface area contributed by atoms with Crippen molar-refractivity contribution in [3.63, 3.8) is 0 Å². The van der Waals surface area contributed by atoms with Crippen LogP contribution in [0.1, 0.15) is 33.3 Å². The Morgan fingerprint density at radius 3 is 2.44 bits per heavy atom. The van der Waals surface area contributed by atoms with Gasteiger partial charge in [-0.2, -0.15) is 0 Å².